The average molecular weight is 344 g/mol. The largest absolute Gasteiger partial charge is 0.369 e. The third kappa shape index (κ3) is 4.72. The lowest BCUT2D eigenvalue weighted by molar-refractivity contribution is -0.132. The first kappa shape index (κ1) is 17.7. The highest BCUT2D eigenvalue weighted by Gasteiger charge is 2.22. The number of rotatable bonds is 4. The first-order chi connectivity index (χ1) is 12.1. The Kier molecular flexibility index (Phi) is 5.91. The molecule has 1 aromatic carbocycles. The lowest BCUT2D eigenvalue weighted by Gasteiger charge is -2.36. The molecule has 2 fully saturated rings. The maximum absolute atomic E-state index is 12.5. The Balaban J connectivity index is 1.48. The number of piperazine rings is 1. The number of primary amides is 1. The fraction of sp³-hybridized carbons (Fsp3) is 0.579. The lowest BCUT2D eigenvalue weighted by atomic mass is 10.1. The second-order valence-corrected chi connectivity index (χ2v) is 6.97. The number of hydrogen-bond acceptors (Lipinski definition) is 4. The Bertz CT molecular complexity index is 586. The molecule has 2 N–H and O–H groups in total. The predicted octanol–water partition coefficient (Wildman–Crippen LogP) is 1.31. The van der Waals surface area contributed by atoms with Crippen molar-refractivity contribution < 1.29 is 9.59 Å². The monoisotopic (exact) mass is 344 g/mol. The maximum Gasteiger partial charge on any atom is 0.248 e. The summed E-state index contributed by atoms with van der Waals surface area (Å²) in [5.41, 5.74) is 6.92. The zero-order valence-electron chi connectivity index (χ0n) is 14.8. The molecule has 2 aliphatic rings. The normalized spacial score (nSPS) is 19.5. The van der Waals surface area contributed by atoms with E-state index in [-0.39, 0.29) is 5.91 Å². The van der Waals surface area contributed by atoms with Crippen LogP contribution in [0.3, 0.4) is 0 Å². The van der Waals surface area contributed by atoms with E-state index in [2.05, 4.69) is 9.80 Å². The van der Waals surface area contributed by atoms with Crippen molar-refractivity contribution >= 4 is 17.5 Å². The van der Waals surface area contributed by atoms with Gasteiger partial charge >= 0.3 is 0 Å². The van der Waals surface area contributed by atoms with Gasteiger partial charge in [0.15, 0.2) is 0 Å². The van der Waals surface area contributed by atoms with Gasteiger partial charge in [-0.2, -0.15) is 0 Å². The number of anilines is 1. The van der Waals surface area contributed by atoms with Crippen LogP contribution in [0.2, 0.25) is 0 Å². The van der Waals surface area contributed by atoms with Crippen molar-refractivity contribution in [2.45, 2.75) is 25.7 Å². The number of likely N-dealkylation sites (tertiary alicyclic amines) is 1. The van der Waals surface area contributed by atoms with Crippen LogP contribution in [0.25, 0.3) is 0 Å². The summed E-state index contributed by atoms with van der Waals surface area (Å²) >= 11 is 0. The van der Waals surface area contributed by atoms with Crippen LogP contribution in [0.1, 0.15) is 36.0 Å². The minimum Gasteiger partial charge on any atom is -0.369 e. The number of hydrogen-bond donors (Lipinski definition) is 1. The van der Waals surface area contributed by atoms with Gasteiger partial charge in [0, 0.05) is 50.5 Å². The van der Waals surface area contributed by atoms with E-state index in [1.165, 1.54) is 12.8 Å². The highest BCUT2D eigenvalue weighted by Crippen LogP contribution is 2.17. The first-order valence-electron chi connectivity index (χ1n) is 9.28. The molecule has 0 unspecified atom stereocenters. The van der Waals surface area contributed by atoms with Gasteiger partial charge < -0.3 is 15.5 Å². The topological polar surface area (TPSA) is 69.9 Å². The Hall–Kier alpha value is -2.08. The summed E-state index contributed by atoms with van der Waals surface area (Å²) < 4.78 is 0. The molecule has 0 aliphatic carbocycles. The van der Waals surface area contributed by atoms with Crippen molar-refractivity contribution in [2.75, 3.05) is 50.7 Å². The van der Waals surface area contributed by atoms with E-state index in [1.807, 2.05) is 17.0 Å². The Morgan fingerprint density at radius 3 is 2.00 bits per heavy atom. The summed E-state index contributed by atoms with van der Waals surface area (Å²) in [6, 6.07) is 7.43. The van der Waals surface area contributed by atoms with Crippen LogP contribution >= 0.6 is 0 Å². The molecular weight excluding hydrogens is 316 g/mol. The van der Waals surface area contributed by atoms with Gasteiger partial charge in [0.1, 0.15) is 0 Å². The van der Waals surface area contributed by atoms with E-state index in [4.69, 9.17) is 5.73 Å². The van der Waals surface area contributed by atoms with Crippen LogP contribution in [0.4, 0.5) is 5.69 Å². The molecule has 1 aromatic rings. The van der Waals surface area contributed by atoms with E-state index < -0.39 is 5.91 Å². The van der Waals surface area contributed by atoms with E-state index in [0.29, 0.717) is 12.1 Å². The van der Waals surface area contributed by atoms with Crippen molar-refractivity contribution in [3.05, 3.63) is 29.8 Å². The van der Waals surface area contributed by atoms with Gasteiger partial charge in [-0.25, -0.2) is 0 Å². The molecule has 2 aliphatic heterocycles. The van der Waals surface area contributed by atoms with Gasteiger partial charge in [0.2, 0.25) is 11.8 Å². The lowest BCUT2D eigenvalue weighted by Crippen LogP contribution is -2.50. The number of nitrogens with zero attached hydrogens (tertiary/aromatic N) is 3. The molecule has 0 atom stereocenters. The van der Waals surface area contributed by atoms with Gasteiger partial charge in [0.25, 0.3) is 0 Å². The fourth-order valence-electron chi connectivity index (χ4n) is 3.61. The van der Waals surface area contributed by atoms with Crippen molar-refractivity contribution in [2.24, 2.45) is 5.73 Å². The molecule has 0 saturated carbocycles. The quantitative estimate of drug-likeness (QED) is 0.894. The summed E-state index contributed by atoms with van der Waals surface area (Å²) in [6.07, 6.45) is 4.77. The number of amides is 2. The molecule has 0 radical (unpaired) electrons. The minimum absolute atomic E-state index is 0.279. The molecule has 3 rings (SSSR count). The summed E-state index contributed by atoms with van der Waals surface area (Å²) in [6.45, 7) is 5.94. The minimum atomic E-state index is -0.400. The van der Waals surface area contributed by atoms with Crippen LogP contribution < -0.4 is 10.6 Å². The first-order valence-corrected chi connectivity index (χ1v) is 9.28. The van der Waals surface area contributed by atoms with Crippen LogP contribution in [0.15, 0.2) is 24.3 Å². The molecule has 6 nitrogen and oxygen atoms in total. The highest BCUT2D eigenvalue weighted by molar-refractivity contribution is 5.93. The van der Waals surface area contributed by atoms with Gasteiger partial charge in [-0.15, -0.1) is 0 Å². The summed E-state index contributed by atoms with van der Waals surface area (Å²) in [5.74, 6) is -0.121. The van der Waals surface area contributed by atoms with Crippen molar-refractivity contribution in [3.8, 4) is 0 Å². The third-order valence-electron chi connectivity index (χ3n) is 5.21. The van der Waals surface area contributed by atoms with Gasteiger partial charge in [-0.1, -0.05) is 12.8 Å². The second-order valence-electron chi connectivity index (χ2n) is 6.97. The Morgan fingerprint density at radius 1 is 0.840 bits per heavy atom. The molecule has 25 heavy (non-hydrogen) atoms. The van der Waals surface area contributed by atoms with E-state index in [0.717, 1.165) is 57.8 Å². The van der Waals surface area contributed by atoms with Gasteiger partial charge in [-0.3, -0.25) is 14.5 Å². The number of benzene rings is 1. The molecule has 2 amide bonds. The zero-order chi connectivity index (χ0) is 17.6. The molecule has 0 bridgehead atoms. The van der Waals surface area contributed by atoms with E-state index in [9.17, 15) is 9.59 Å². The fourth-order valence-corrected chi connectivity index (χ4v) is 3.61. The molecule has 6 heteroatoms. The smallest absolute Gasteiger partial charge is 0.248 e. The second kappa shape index (κ2) is 8.34. The SMILES string of the molecule is NC(=O)c1ccc(N2CCN(CC(=O)N3CCCCCC3)CC2)cc1. The average Bonchev–Trinajstić information content (AvgIpc) is 2.92. The highest BCUT2D eigenvalue weighted by atomic mass is 16.2. The summed E-state index contributed by atoms with van der Waals surface area (Å²) in [7, 11) is 0. The molecule has 2 heterocycles. The predicted molar refractivity (Wildman–Crippen MR) is 98.7 cm³/mol. The Labute approximate surface area is 149 Å². The van der Waals surface area contributed by atoms with Crippen LogP contribution in [-0.2, 0) is 4.79 Å². The maximum atomic E-state index is 12.5. The standard InChI is InChI=1S/C19H28N4O2/c20-19(25)16-5-7-17(8-6-16)22-13-11-21(12-14-22)15-18(24)23-9-3-1-2-4-10-23/h5-8H,1-4,9-15H2,(H2,20,25). The zero-order valence-corrected chi connectivity index (χ0v) is 14.8. The van der Waals surface area contributed by atoms with Crippen LogP contribution in [0.5, 0.6) is 0 Å². The van der Waals surface area contributed by atoms with Crippen LogP contribution in [0, 0.1) is 0 Å². The van der Waals surface area contributed by atoms with Gasteiger partial charge in [0.05, 0.1) is 6.54 Å². The molecule has 0 spiro atoms. The van der Waals surface area contributed by atoms with Crippen molar-refractivity contribution in [1.29, 1.82) is 0 Å². The van der Waals surface area contributed by atoms with E-state index >= 15 is 0 Å². The third-order valence-corrected chi connectivity index (χ3v) is 5.21. The van der Waals surface area contributed by atoms with Gasteiger partial charge in [-0.05, 0) is 37.1 Å². The Morgan fingerprint density at radius 2 is 1.44 bits per heavy atom. The number of nitrogens with two attached hydrogens (primary N) is 1. The molecule has 0 aromatic heterocycles. The number of carbonyl (C=O) groups excluding carboxylic acids is 2. The van der Waals surface area contributed by atoms with Crippen molar-refractivity contribution in [1.82, 2.24) is 9.80 Å². The molecule has 136 valence electrons. The summed E-state index contributed by atoms with van der Waals surface area (Å²) in [5, 5.41) is 0. The summed E-state index contributed by atoms with van der Waals surface area (Å²) in [4.78, 5) is 30.2. The van der Waals surface area contributed by atoms with E-state index in [1.54, 1.807) is 12.1 Å². The van der Waals surface area contributed by atoms with Crippen molar-refractivity contribution in [3.63, 3.8) is 0 Å². The van der Waals surface area contributed by atoms with Crippen LogP contribution in [-0.4, -0.2) is 67.4 Å². The number of carbonyl (C=O) groups is 2. The molecular formula is C19H28N4O2. The molecule has 2 saturated heterocycles.